The molecule has 0 aromatic carbocycles. The van der Waals surface area contributed by atoms with Crippen LogP contribution in [-0.4, -0.2) is 40.3 Å². The quantitative estimate of drug-likeness (QED) is 0.543. The Bertz CT molecular complexity index is 350. The Morgan fingerprint density at radius 1 is 1.47 bits per heavy atom. The van der Waals surface area contributed by atoms with Gasteiger partial charge in [0.25, 0.3) is 5.97 Å². The van der Waals surface area contributed by atoms with Gasteiger partial charge in [-0.25, -0.2) is 4.57 Å². The first-order chi connectivity index (χ1) is 8.66. The van der Waals surface area contributed by atoms with Gasteiger partial charge in [-0.2, -0.15) is 0 Å². The van der Waals surface area contributed by atoms with E-state index < -0.39 is 31.4 Å². The summed E-state index contributed by atoms with van der Waals surface area (Å²) in [6.07, 6.45) is 2.37. The molecule has 112 valence electrons. The van der Waals surface area contributed by atoms with Crippen LogP contribution in [-0.2, 0) is 18.7 Å². The number of carbonyl (C=O) groups is 2. The Morgan fingerprint density at radius 2 is 2.00 bits per heavy atom. The van der Waals surface area contributed by atoms with Crippen molar-refractivity contribution in [2.24, 2.45) is 5.73 Å². The molecule has 5 N–H and O–H groups in total. The van der Waals surface area contributed by atoms with E-state index in [1.165, 1.54) is 6.92 Å². The predicted octanol–water partition coefficient (Wildman–Crippen LogP) is 0.253. The second-order valence-electron chi connectivity index (χ2n) is 4.25. The number of carboxylic acid groups (broad SMARTS) is 1. The number of aliphatic carboxylic acids is 1. The van der Waals surface area contributed by atoms with Crippen molar-refractivity contribution in [2.45, 2.75) is 44.9 Å². The number of rotatable bonds is 3. The van der Waals surface area contributed by atoms with Crippen LogP contribution in [0.4, 0.5) is 0 Å². The van der Waals surface area contributed by atoms with Crippen molar-refractivity contribution in [3.63, 3.8) is 0 Å². The maximum absolute atomic E-state index is 11.7. The highest BCUT2D eigenvalue weighted by molar-refractivity contribution is 7.54. The van der Waals surface area contributed by atoms with E-state index in [2.05, 4.69) is 9.84 Å². The van der Waals surface area contributed by atoms with Crippen LogP contribution in [0.3, 0.4) is 0 Å². The largest absolute Gasteiger partial charge is 0.481 e. The number of carboxylic acids is 1. The summed E-state index contributed by atoms with van der Waals surface area (Å²) < 4.78 is 16.2. The van der Waals surface area contributed by atoms with Gasteiger partial charge in [0.15, 0.2) is 0 Å². The van der Waals surface area contributed by atoms with Crippen molar-refractivity contribution in [1.82, 2.24) is 5.32 Å². The summed E-state index contributed by atoms with van der Waals surface area (Å²) in [6, 6.07) is -0.880. The summed E-state index contributed by atoms with van der Waals surface area (Å²) in [5.74, 6) is -2.32. The Morgan fingerprint density at radius 3 is 2.37 bits per heavy atom. The number of nitrogens with two attached hydrogens (primary N) is 1. The van der Waals surface area contributed by atoms with E-state index in [0.29, 0.717) is 13.0 Å². The molecule has 1 aliphatic rings. The Labute approximate surface area is 111 Å². The molecule has 2 unspecified atom stereocenters. The third kappa shape index (κ3) is 7.94. The van der Waals surface area contributed by atoms with Gasteiger partial charge in [-0.3, -0.25) is 9.59 Å². The van der Waals surface area contributed by atoms with E-state index >= 15 is 0 Å². The minimum Gasteiger partial charge on any atom is -0.481 e. The summed E-state index contributed by atoms with van der Waals surface area (Å²) in [5.41, 5.74) is 5.25. The molecule has 1 heterocycles. The fourth-order valence-corrected chi connectivity index (χ4v) is 2.81. The van der Waals surface area contributed by atoms with Gasteiger partial charge in [0, 0.05) is 6.92 Å². The molecule has 3 atom stereocenters. The number of piperidine rings is 1. The fraction of sp³-hybridized carbons (Fsp3) is 0.800. The van der Waals surface area contributed by atoms with Crippen LogP contribution in [0, 0.1) is 0 Å². The minimum atomic E-state index is -3.92. The van der Waals surface area contributed by atoms with Gasteiger partial charge in [-0.15, -0.1) is 0 Å². The molecule has 1 saturated heterocycles. The molecular formula is C10H21N2O6P. The molecule has 0 bridgehead atoms. The van der Waals surface area contributed by atoms with Gasteiger partial charge in [-0.1, -0.05) is 0 Å². The lowest BCUT2D eigenvalue weighted by molar-refractivity contribution is -0.136. The summed E-state index contributed by atoms with van der Waals surface area (Å²) in [4.78, 5) is 29.6. The van der Waals surface area contributed by atoms with Crippen LogP contribution < -0.4 is 11.1 Å². The van der Waals surface area contributed by atoms with Gasteiger partial charge in [-0.05, 0) is 32.7 Å². The Hall–Kier alpha value is -0.950. The maximum atomic E-state index is 11.7. The zero-order valence-corrected chi connectivity index (χ0v) is 11.9. The van der Waals surface area contributed by atoms with Crippen LogP contribution in [0.15, 0.2) is 0 Å². The zero-order valence-electron chi connectivity index (χ0n) is 11.0. The monoisotopic (exact) mass is 296 g/mol. The first-order valence-electron chi connectivity index (χ1n) is 5.91. The third-order valence-corrected chi connectivity index (χ3v) is 3.94. The molecule has 1 fully saturated rings. The van der Waals surface area contributed by atoms with Crippen LogP contribution in [0.25, 0.3) is 0 Å². The van der Waals surface area contributed by atoms with E-state index in [4.69, 9.17) is 15.6 Å². The molecule has 19 heavy (non-hydrogen) atoms. The lowest BCUT2D eigenvalue weighted by atomic mass is 10.2. The van der Waals surface area contributed by atoms with E-state index in [1.54, 1.807) is 0 Å². The van der Waals surface area contributed by atoms with Crippen molar-refractivity contribution in [3.05, 3.63) is 0 Å². The van der Waals surface area contributed by atoms with Gasteiger partial charge in [0.2, 0.25) is 0 Å². The highest BCUT2D eigenvalue weighted by Crippen LogP contribution is 2.49. The van der Waals surface area contributed by atoms with Crippen LogP contribution in [0.1, 0.15) is 33.1 Å². The summed E-state index contributed by atoms with van der Waals surface area (Å²) in [7, 11) is -3.92. The van der Waals surface area contributed by atoms with Gasteiger partial charge >= 0.3 is 13.6 Å². The normalized spacial score (nSPS) is 23.3. The Balaban J connectivity index is 0.000000711. The molecule has 1 rings (SSSR count). The van der Waals surface area contributed by atoms with Crippen molar-refractivity contribution < 1.29 is 28.7 Å². The summed E-state index contributed by atoms with van der Waals surface area (Å²) in [6.45, 7) is 3.17. The topological polar surface area (TPSA) is 139 Å². The first kappa shape index (κ1) is 18.0. The fourth-order valence-electron chi connectivity index (χ4n) is 1.39. The van der Waals surface area contributed by atoms with Crippen LogP contribution >= 0.6 is 7.60 Å². The lowest BCUT2D eigenvalue weighted by Crippen LogP contribution is -2.36. The summed E-state index contributed by atoms with van der Waals surface area (Å²) >= 11 is 0. The molecule has 9 heteroatoms. The highest BCUT2D eigenvalue weighted by atomic mass is 31.2. The van der Waals surface area contributed by atoms with E-state index in [0.717, 1.165) is 19.8 Å². The number of nitrogens with one attached hydrogen (secondary N) is 1. The summed E-state index contributed by atoms with van der Waals surface area (Å²) in [5, 5.41) is 10.3. The van der Waals surface area contributed by atoms with Crippen molar-refractivity contribution in [2.75, 3.05) is 6.54 Å². The SMILES string of the molecule is CC(=O)O.C[C@H](N)C(=O)OP(=O)(O)C1CCCCN1. The van der Waals surface area contributed by atoms with Gasteiger partial charge in [0.05, 0.1) is 0 Å². The van der Waals surface area contributed by atoms with Crippen LogP contribution in [0.2, 0.25) is 0 Å². The predicted molar refractivity (Wildman–Crippen MR) is 68.5 cm³/mol. The number of hydrogen-bond donors (Lipinski definition) is 4. The van der Waals surface area contributed by atoms with Crippen LogP contribution in [0.5, 0.6) is 0 Å². The van der Waals surface area contributed by atoms with E-state index in [1.807, 2.05) is 0 Å². The molecule has 1 aliphatic heterocycles. The molecule has 0 amide bonds. The molecule has 8 nitrogen and oxygen atoms in total. The zero-order chi connectivity index (χ0) is 15.1. The lowest BCUT2D eigenvalue weighted by Gasteiger charge is -2.26. The molecule has 0 aromatic rings. The van der Waals surface area contributed by atoms with Gasteiger partial charge in [0.1, 0.15) is 11.8 Å². The second kappa shape index (κ2) is 8.27. The highest BCUT2D eigenvalue weighted by Gasteiger charge is 2.36. The number of carbonyl (C=O) groups excluding carboxylic acids is 1. The molecule has 0 aromatic heterocycles. The molecule has 0 spiro atoms. The Kier molecular flexibility index (Phi) is 7.85. The van der Waals surface area contributed by atoms with Gasteiger partial charge < -0.3 is 25.6 Å². The molecular weight excluding hydrogens is 275 g/mol. The second-order valence-corrected chi connectivity index (χ2v) is 6.18. The van der Waals surface area contributed by atoms with E-state index in [9.17, 15) is 14.3 Å². The van der Waals surface area contributed by atoms with Crippen molar-refractivity contribution in [3.8, 4) is 0 Å². The first-order valence-corrected chi connectivity index (χ1v) is 7.56. The average molecular weight is 296 g/mol. The average Bonchev–Trinajstić information content (AvgIpc) is 2.28. The maximum Gasteiger partial charge on any atom is 0.395 e. The third-order valence-electron chi connectivity index (χ3n) is 2.27. The number of hydrogen-bond acceptors (Lipinski definition) is 6. The molecule has 0 aliphatic carbocycles. The van der Waals surface area contributed by atoms with Crippen molar-refractivity contribution in [1.29, 1.82) is 0 Å². The molecule has 0 saturated carbocycles. The van der Waals surface area contributed by atoms with E-state index in [-0.39, 0.29) is 0 Å². The smallest absolute Gasteiger partial charge is 0.395 e. The minimum absolute atomic E-state index is 0.542. The molecule has 0 radical (unpaired) electrons. The van der Waals surface area contributed by atoms with Crippen molar-refractivity contribution >= 4 is 19.5 Å². The standard InChI is InChI=1S/C8H17N2O4P.C2H4O2/c1-6(9)8(11)14-15(12,13)7-4-2-3-5-10-7;1-2(3)4/h6-7,10H,2-5,9H2,1H3,(H,12,13);1H3,(H,3,4)/t6-,7?;/m0./s1.